The van der Waals surface area contributed by atoms with Crippen LogP contribution in [0.4, 0.5) is 0 Å². The minimum Gasteiger partial charge on any atom is -0.485 e. The molecule has 1 aromatic carbocycles. The lowest BCUT2D eigenvalue weighted by Crippen LogP contribution is -2.52. The van der Waals surface area contributed by atoms with Crippen molar-refractivity contribution < 1.29 is 14.3 Å². The van der Waals surface area contributed by atoms with E-state index in [9.17, 15) is 4.79 Å². The van der Waals surface area contributed by atoms with Crippen molar-refractivity contribution in [2.24, 2.45) is 0 Å². The zero-order valence-electron chi connectivity index (χ0n) is 9.90. The Labute approximate surface area is 106 Å². The van der Waals surface area contributed by atoms with Crippen molar-refractivity contribution in [3.63, 3.8) is 0 Å². The van der Waals surface area contributed by atoms with Gasteiger partial charge in [0.2, 0.25) is 0 Å². The maximum Gasteiger partial charge on any atom is 0.169 e. The maximum absolute atomic E-state index is 11.3. The smallest absolute Gasteiger partial charge is 0.169 e. The second kappa shape index (κ2) is 5.07. The molecule has 1 saturated carbocycles. The van der Waals surface area contributed by atoms with Gasteiger partial charge in [-0.2, -0.15) is 0 Å². The van der Waals surface area contributed by atoms with Gasteiger partial charge in [-0.1, -0.05) is 17.7 Å². The molecule has 4 heteroatoms. The highest BCUT2D eigenvalue weighted by Gasteiger charge is 2.42. The van der Waals surface area contributed by atoms with E-state index in [0.717, 1.165) is 5.56 Å². The molecule has 3 nitrogen and oxygen atoms in total. The van der Waals surface area contributed by atoms with Gasteiger partial charge in [0.25, 0.3) is 0 Å². The predicted octanol–water partition coefficient (Wildman–Crippen LogP) is 2.77. The summed E-state index contributed by atoms with van der Waals surface area (Å²) in [7, 11) is 0. The van der Waals surface area contributed by atoms with E-state index in [1.165, 1.54) is 0 Å². The normalized spacial score (nSPS) is 23.4. The van der Waals surface area contributed by atoms with Crippen LogP contribution in [0.2, 0.25) is 5.02 Å². The fraction of sp³-hybridized carbons (Fsp3) is 0.462. The highest BCUT2D eigenvalue weighted by atomic mass is 35.5. The molecule has 0 saturated heterocycles. The van der Waals surface area contributed by atoms with Crippen LogP contribution in [0.15, 0.2) is 18.2 Å². The van der Waals surface area contributed by atoms with Crippen LogP contribution < -0.4 is 4.74 Å². The van der Waals surface area contributed by atoms with Gasteiger partial charge in [-0.05, 0) is 31.5 Å². The first-order valence-electron chi connectivity index (χ1n) is 5.69. The average Bonchev–Trinajstić information content (AvgIpc) is 2.28. The van der Waals surface area contributed by atoms with Crippen LogP contribution in [-0.2, 0) is 9.53 Å². The van der Waals surface area contributed by atoms with Crippen LogP contribution in [0.1, 0.15) is 18.9 Å². The molecule has 17 heavy (non-hydrogen) atoms. The predicted molar refractivity (Wildman–Crippen MR) is 65.6 cm³/mol. The Morgan fingerprint density at radius 2 is 2.24 bits per heavy atom. The summed E-state index contributed by atoms with van der Waals surface area (Å²) in [5, 5.41) is 0.569. The largest absolute Gasteiger partial charge is 0.485 e. The minimum atomic E-state index is -0.433. The van der Waals surface area contributed by atoms with E-state index in [2.05, 4.69) is 0 Å². The van der Waals surface area contributed by atoms with Gasteiger partial charge in [0.1, 0.15) is 11.9 Å². The first kappa shape index (κ1) is 12.4. The van der Waals surface area contributed by atoms with Crippen LogP contribution >= 0.6 is 11.6 Å². The monoisotopic (exact) mass is 254 g/mol. The number of aryl methyl sites for hydroxylation is 1. The van der Waals surface area contributed by atoms with Gasteiger partial charge in [0, 0.05) is 13.0 Å². The summed E-state index contributed by atoms with van der Waals surface area (Å²) >= 11 is 6.07. The quantitative estimate of drug-likeness (QED) is 0.829. The first-order valence-corrected chi connectivity index (χ1v) is 6.06. The molecule has 2 rings (SSSR count). The highest BCUT2D eigenvalue weighted by molar-refractivity contribution is 6.32. The number of ether oxygens (including phenoxy) is 2. The molecular weight excluding hydrogens is 240 g/mol. The molecule has 2 atom stereocenters. The summed E-state index contributed by atoms with van der Waals surface area (Å²) in [6.07, 6.45) is -0.241. The van der Waals surface area contributed by atoms with E-state index in [4.69, 9.17) is 21.1 Å². The van der Waals surface area contributed by atoms with Crippen molar-refractivity contribution in [3.05, 3.63) is 28.8 Å². The van der Waals surface area contributed by atoms with Gasteiger partial charge in [-0.3, -0.25) is 4.79 Å². The van der Waals surface area contributed by atoms with Gasteiger partial charge in [0.15, 0.2) is 11.9 Å². The highest BCUT2D eigenvalue weighted by Crippen LogP contribution is 2.31. The maximum atomic E-state index is 11.3. The summed E-state index contributed by atoms with van der Waals surface area (Å²) in [5.41, 5.74) is 1.08. The number of hydrogen-bond acceptors (Lipinski definition) is 3. The molecule has 0 N–H and O–H groups in total. The van der Waals surface area contributed by atoms with E-state index in [1.807, 2.05) is 32.0 Å². The van der Waals surface area contributed by atoms with Gasteiger partial charge >= 0.3 is 0 Å². The summed E-state index contributed by atoms with van der Waals surface area (Å²) in [4.78, 5) is 11.3. The van der Waals surface area contributed by atoms with Crippen LogP contribution in [0.5, 0.6) is 5.75 Å². The molecule has 1 aromatic rings. The van der Waals surface area contributed by atoms with Gasteiger partial charge in [0.05, 0.1) is 5.02 Å². The molecule has 1 aliphatic rings. The Kier molecular flexibility index (Phi) is 3.69. The zero-order valence-corrected chi connectivity index (χ0v) is 10.7. The molecular formula is C13H15ClO3. The van der Waals surface area contributed by atoms with Crippen molar-refractivity contribution >= 4 is 17.4 Å². The summed E-state index contributed by atoms with van der Waals surface area (Å²) in [5.74, 6) is 0.708. The second-order valence-electron chi connectivity index (χ2n) is 4.14. The molecule has 0 heterocycles. The fourth-order valence-electron chi connectivity index (χ4n) is 1.82. The molecule has 0 aromatic heterocycles. The number of carbonyl (C=O) groups excluding carboxylic acids is 1. The molecule has 2 unspecified atom stereocenters. The van der Waals surface area contributed by atoms with Gasteiger partial charge in [-0.25, -0.2) is 0 Å². The second-order valence-corrected chi connectivity index (χ2v) is 4.54. The van der Waals surface area contributed by atoms with Crippen molar-refractivity contribution in [3.8, 4) is 5.75 Å². The molecule has 92 valence electrons. The Morgan fingerprint density at radius 1 is 1.47 bits per heavy atom. The molecule has 1 aliphatic carbocycles. The summed E-state index contributed by atoms with van der Waals surface area (Å²) in [6.45, 7) is 4.34. The molecule has 0 aliphatic heterocycles. The molecule has 0 radical (unpaired) electrons. The number of halogens is 1. The van der Waals surface area contributed by atoms with E-state index in [-0.39, 0.29) is 11.9 Å². The zero-order chi connectivity index (χ0) is 12.4. The van der Waals surface area contributed by atoms with Gasteiger partial charge in [-0.15, -0.1) is 0 Å². The molecule has 0 amide bonds. The fourth-order valence-corrected chi connectivity index (χ4v) is 2.10. The first-order chi connectivity index (χ1) is 8.11. The third-order valence-corrected chi connectivity index (χ3v) is 3.06. The Balaban J connectivity index is 2.04. The molecule has 1 fully saturated rings. The number of hydrogen-bond donors (Lipinski definition) is 0. The number of rotatable bonds is 4. The number of carbonyl (C=O) groups is 1. The van der Waals surface area contributed by atoms with E-state index in [1.54, 1.807) is 0 Å². The third kappa shape index (κ3) is 2.61. The Morgan fingerprint density at radius 3 is 2.82 bits per heavy atom. The van der Waals surface area contributed by atoms with Crippen molar-refractivity contribution in [1.29, 1.82) is 0 Å². The Bertz CT molecular complexity index is 431. The van der Waals surface area contributed by atoms with Crippen molar-refractivity contribution in [1.82, 2.24) is 0 Å². The van der Waals surface area contributed by atoms with Crippen molar-refractivity contribution in [2.75, 3.05) is 6.61 Å². The number of benzene rings is 1. The van der Waals surface area contributed by atoms with Crippen LogP contribution in [-0.4, -0.2) is 24.6 Å². The van der Waals surface area contributed by atoms with Crippen molar-refractivity contribution in [2.45, 2.75) is 32.5 Å². The SMILES string of the molecule is CCOC1C(=O)CC1Oc1ccc(C)cc1Cl. The van der Waals surface area contributed by atoms with E-state index >= 15 is 0 Å². The summed E-state index contributed by atoms with van der Waals surface area (Å²) in [6, 6.07) is 5.59. The lowest BCUT2D eigenvalue weighted by Gasteiger charge is -2.34. The summed E-state index contributed by atoms with van der Waals surface area (Å²) < 4.78 is 11.0. The average molecular weight is 255 g/mol. The van der Waals surface area contributed by atoms with Gasteiger partial charge < -0.3 is 9.47 Å². The number of ketones is 1. The minimum absolute atomic E-state index is 0.0973. The molecule has 0 spiro atoms. The van der Waals surface area contributed by atoms with Crippen LogP contribution in [0.3, 0.4) is 0 Å². The number of Topliss-reactive ketones (excluding diaryl/α,β-unsaturated/α-hetero) is 1. The van der Waals surface area contributed by atoms with Crippen LogP contribution in [0.25, 0.3) is 0 Å². The van der Waals surface area contributed by atoms with E-state index < -0.39 is 6.10 Å². The lowest BCUT2D eigenvalue weighted by molar-refractivity contribution is -0.154. The molecule has 0 bridgehead atoms. The lowest BCUT2D eigenvalue weighted by atomic mass is 9.90. The standard InChI is InChI=1S/C13H15ClO3/c1-3-16-13-10(15)7-12(13)17-11-5-4-8(2)6-9(11)14/h4-6,12-13H,3,7H2,1-2H3. The van der Waals surface area contributed by atoms with E-state index in [0.29, 0.717) is 23.8 Å². The Hall–Kier alpha value is -1.06. The third-order valence-electron chi connectivity index (χ3n) is 2.77. The van der Waals surface area contributed by atoms with Crippen LogP contribution in [0, 0.1) is 6.92 Å². The topological polar surface area (TPSA) is 35.5 Å².